The fourth-order valence-electron chi connectivity index (χ4n) is 13.9. The standard InChI is InChI=1S/C71H129N3O30/c1-4-6-8-10-12-14-16-18-19-21-23-25-27-29-31-33-50(84)74-42(43(81)32-30-28-26-24-22-20-17-15-13-11-9-7-5-2)40-95-67-59(91)57(89)61(48(38-78)98-67)100-69-60(92)65(104-71(70(93)94)34-44(82)51(72)63(103-71)53(85)45(83)35-75)62(49(39-79)99-69)101-66-52(73-41(3)80)64(55(87)47(37-77)96-66)102-68-58(90)56(88)54(86)46(36-76)97-68/h30,32,42-49,51-69,75-79,81-83,85-92H,4-29,31,33-40,72H2,1-3H3,(H,73,80)(H,74,84)(H,93,94)/b32-30-/t42?,43?,44-,45?,46-,47-,48-,49-,51+,52-,53?,54+,55+,56+,57-,58-,59-,60-,61-,62+,63+,64-,65-,66+,67-,68+,69+,71+/m1/s1. The average molecular weight is 1500 g/mol. The van der Waals surface area contributed by atoms with Crippen LogP contribution in [0.25, 0.3) is 0 Å². The minimum Gasteiger partial charge on any atom is -0.477 e. The van der Waals surface area contributed by atoms with Crippen molar-refractivity contribution in [1.29, 1.82) is 0 Å². The number of hydrogen-bond donors (Lipinski definition) is 20. The third kappa shape index (κ3) is 27.8. The Labute approximate surface area is 610 Å². The Hall–Kier alpha value is -2.93. The van der Waals surface area contributed by atoms with Crippen LogP contribution in [0.1, 0.15) is 207 Å². The first-order valence-electron chi connectivity index (χ1n) is 38.2. The number of amides is 2. The van der Waals surface area contributed by atoms with Crippen molar-refractivity contribution in [2.24, 2.45) is 5.73 Å². The summed E-state index contributed by atoms with van der Waals surface area (Å²) in [5.41, 5.74) is 6.16. The highest BCUT2D eigenvalue weighted by atomic mass is 16.8. The van der Waals surface area contributed by atoms with Crippen LogP contribution in [0.4, 0.5) is 0 Å². The number of carbonyl (C=O) groups is 3. The van der Waals surface area contributed by atoms with Crippen molar-refractivity contribution in [3.63, 3.8) is 0 Å². The Bertz CT molecular complexity index is 2380. The van der Waals surface area contributed by atoms with Gasteiger partial charge in [-0.1, -0.05) is 180 Å². The number of nitrogens with one attached hydrogen (secondary N) is 2. The number of rotatable bonds is 51. The SMILES string of the molecule is CCCCCCCCCCCCC/C=C\C(O)C(CO[C@@H]1O[C@H](CO)[C@@H](O[C@@H]2O[C@H](CO)[C@H](O[C@@H]3O[C@H](CO)[C@H](O)[C@H](O[C@@H]4O[C@H](CO)[C@H](O)[C@H](O)[C@H]4O)[C@H]3NC(C)=O)[C@H](O[C@]3(C(=O)O)C[C@@H](O)[C@H](N)[C@@H](C(O)C(O)CO)O3)[C@H]2O)[C@H](O)[C@H]1O)NC(=O)CCCCCCCCCCCCCCCCC. The first-order chi connectivity index (χ1) is 49.9. The van der Waals surface area contributed by atoms with Crippen LogP contribution in [0.3, 0.4) is 0 Å². The van der Waals surface area contributed by atoms with Gasteiger partial charge >= 0.3 is 5.97 Å². The molecule has 33 nitrogen and oxygen atoms in total. The average Bonchev–Trinajstić information content (AvgIpc) is 0.742. The Kier molecular flexibility index (Phi) is 42.9. The predicted molar refractivity (Wildman–Crippen MR) is 369 cm³/mol. The molecule has 0 spiro atoms. The normalized spacial score (nSPS) is 35.3. The first kappa shape index (κ1) is 91.7. The number of hydrogen-bond acceptors (Lipinski definition) is 30. The van der Waals surface area contributed by atoms with Crippen molar-refractivity contribution < 1.29 is 149 Å². The summed E-state index contributed by atoms with van der Waals surface area (Å²) in [5.74, 6) is -6.69. The van der Waals surface area contributed by atoms with Crippen LogP contribution >= 0.6 is 0 Å². The van der Waals surface area contributed by atoms with Gasteiger partial charge in [0, 0.05) is 19.8 Å². The van der Waals surface area contributed by atoms with Crippen LogP contribution in [-0.2, 0) is 61.8 Å². The van der Waals surface area contributed by atoms with E-state index in [1.54, 1.807) is 6.08 Å². The molecule has 0 aromatic carbocycles. The number of carboxylic acids is 1. The summed E-state index contributed by atoms with van der Waals surface area (Å²) in [5, 5.41) is 193. The molecule has 0 radical (unpaired) electrons. The maximum Gasteiger partial charge on any atom is 0.364 e. The molecule has 28 atom stereocenters. The summed E-state index contributed by atoms with van der Waals surface area (Å²) in [6.45, 7) is -0.506. The molecule has 0 aliphatic carbocycles. The first-order valence-corrected chi connectivity index (χ1v) is 38.2. The smallest absolute Gasteiger partial charge is 0.364 e. The fraction of sp³-hybridized carbons (Fsp3) is 0.930. The number of aliphatic hydroxyl groups is 16. The molecule has 5 aliphatic heterocycles. The van der Waals surface area contributed by atoms with E-state index in [9.17, 15) is 101 Å². The van der Waals surface area contributed by atoms with E-state index in [1.807, 2.05) is 6.08 Å². The highest BCUT2D eigenvalue weighted by molar-refractivity contribution is 5.76. The van der Waals surface area contributed by atoms with Gasteiger partial charge in [0.25, 0.3) is 5.79 Å². The second-order valence-electron chi connectivity index (χ2n) is 28.6. The minimum absolute atomic E-state index is 0.144. The summed E-state index contributed by atoms with van der Waals surface area (Å²) in [6.07, 6.45) is -15.6. The van der Waals surface area contributed by atoms with E-state index in [0.717, 1.165) is 58.3 Å². The van der Waals surface area contributed by atoms with Gasteiger partial charge in [0.1, 0.15) is 116 Å². The van der Waals surface area contributed by atoms with Gasteiger partial charge in [0.2, 0.25) is 11.8 Å². The molecule has 33 heteroatoms. The second kappa shape index (κ2) is 48.7. The second-order valence-corrected chi connectivity index (χ2v) is 28.6. The lowest BCUT2D eigenvalue weighted by Gasteiger charge is -2.52. The lowest BCUT2D eigenvalue weighted by molar-refractivity contribution is -0.403. The lowest BCUT2D eigenvalue weighted by Crippen LogP contribution is -2.72. The van der Waals surface area contributed by atoms with Crippen LogP contribution in [0.15, 0.2) is 12.2 Å². The van der Waals surface area contributed by atoms with Crippen molar-refractivity contribution in [2.45, 2.75) is 378 Å². The summed E-state index contributed by atoms with van der Waals surface area (Å²) in [7, 11) is 0. The number of ether oxygens (including phenoxy) is 10. The van der Waals surface area contributed by atoms with Gasteiger partial charge in [-0.25, -0.2) is 4.79 Å². The van der Waals surface area contributed by atoms with Crippen molar-refractivity contribution in [1.82, 2.24) is 10.6 Å². The van der Waals surface area contributed by atoms with E-state index in [1.165, 1.54) is 109 Å². The van der Waals surface area contributed by atoms with Gasteiger partial charge in [0.05, 0.1) is 63.9 Å². The van der Waals surface area contributed by atoms with Gasteiger partial charge < -0.3 is 151 Å². The third-order valence-corrected chi connectivity index (χ3v) is 20.3. The summed E-state index contributed by atoms with van der Waals surface area (Å²) < 4.78 is 59.8. The van der Waals surface area contributed by atoms with Crippen LogP contribution in [0.2, 0.25) is 0 Å². The largest absolute Gasteiger partial charge is 0.477 e. The predicted octanol–water partition coefficient (Wildman–Crippen LogP) is -1.22. The summed E-state index contributed by atoms with van der Waals surface area (Å²) in [4.78, 5) is 40.3. The zero-order valence-electron chi connectivity index (χ0n) is 61.0. The van der Waals surface area contributed by atoms with Crippen molar-refractivity contribution in [3.8, 4) is 0 Å². The van der Waals surface area contributed by atoms with E-state index in [2.05, 4.69) is 24.5 Å². The molecule has 5 heterocycles. The van der Waals surface area contributed by atoms with Crippen LogP contribution < -0.4 is 16.4 Å². The fourth-order valence-corrected chi connectivity index (χ4v) is 13.9. The maximum absolute atomic E-state index is 13.6. The zero-order valence-corrected chi connectivity index (χ0v) is 61.0. The van der Waals surface area contributed by atoms with E-state index in [4.69, 9.17) is 53.1 Å². The van der Waals surface area contributed by atoms with E-state index < -0.39 is 229 Å². The molecule has 0 aromatic heterocycles. The van der Waals surface area contributed by atoms with Crippen molar-refractivity contribution >= 4 is 17.8 Å². The molecule has 5 fully saturated rings. The van der Waals surface area contributed by atoms with E-state index in [0.29, 0.717) is 12.8 Å². The molecule has 0 bridgehead atoms. The number of aliphatic hydroxyl groups excluding tert-OH is 16. The molecule has 2 amide bonds. The molecule has 5 saturated heterocycles. The highest BCUT2D eigenvalue weighted by Gasteiger charge is 2.62. The molecule has 104 heavy (non-hydrogen) atoms. The quantitative estimate of drug-likeness (QED) is 0.0251. The zero-order chi connectivity index (χ0) is 76.5. The summed E-state index contributed by atoms with van der Waals surface area (Å²) >= 11 is 0. The molecule has 0 aromatic rings. The van der Waals surface area contributed by atoms with Gasteiger partial charge in [-0.15, -0.1) is 0 Å². The summed E-state index contributed by atoms with van der Waals surface area (Å²) in [6, 6.07) is -4.71. The number of carbonyl (C=O) groups excluding carboxylic acids is 2. The Morgan fingerprint density at radius 3 is 1.50 bits per heavy atom. The number of allylic oxidation sites excluding steroid dienone is 1. The van der Waals surface area contributed by atoms with Crippen LogP contribution in [0, 0.1) is 0 Å². The van der Waals surface area contributed by atoms with E-state index >= 15 is 0 Å². The molecule has 4 unspecified atom stereocenters. The van der Waals surface area contributed by atoms with Gasteiger partial charge in [-0.05, 0) is 19.3 Å². The van der Waals surface area contributed by atoms with Gasteiger partial charge in [0.15, 0.2) is 25.2 Å². The molecule has 5 aliphatic rings. The van der Waals surface area contributed by atoms with Crippen molar-refractivity contribution in [3.05, 3.63) is 12.2 Å². The molecule has 0 saturated carbocycles. The maximum atomic E-state index is 13.6. The van der Waals surface area contributed by atoms with Gasteiger partial charge in [-0.3, -0.25) is 9.59 Å². The number of aliphatic carboxylic acids is 1. The number of unbranched alkanes of at least 4 members (excludes halogenated alkanes) is 25. The number of nitrogens with two attached hydrogens (primary N) is 1. The molecule has 21 N–H and O–H groups in total. The van der Waals surface area contributed by atoms with Crippen LogP contribution in [0.5, 0.6) is 0 Å². The number of carboxylic acid groups (broad SMARTS) is 1. The molecular formula is C71H129N3O30. The highest BCUT2D eigenvalue weighted by Crippen LogP contribution is 2.41. The van der Waals surface area contributed by atoms with Crippen LogP contribution in [-0.4, -0.2) is 315 Å². The Morgan fingerprint density at radius 2 is 0.981 bits per heavy atom. The molecule has 608 valence electrons. The van der Waals surface area contributed by atoms with Gasteiger partial charge in [-0.2, -0.15) is 0 Å². The third-order valence-electron chi connectivity index (χ3n) is 20.3. The topological polar surface area (TPSA) is 538 Å². The molecule has 5 rings (SSSR count). The monoisotopic (exact) mass is 1500 g/mol. The molecular weight excluding hydrogens is 1370 g/mol. The van der Waals surface area contributed by atoms with Crippen molar-refractivity contribution in [2.75, 3.05) is 39.6 Å². The van der Waals surface area contributed by atoms with E-state index in [-0.39, 0.29) is 12.3 Å². The minimum atomic E-state index is -3.30. The Morgan fingerprint density at radius 1 is 0.529 bits per heavy atom. The Balaban J connectivity index is 1.37. The lowest BCUT2D eigenvalue weighted by atomic mass is 9.88.